The summed E-state index contributed by atoms with van der Waals surface area (Å²) in [7, 11) is 1.41. The second-order valence-electron chi connectivity index (χ2n) is 5.02. The van der Waals surface area contributed by atoms with Crippen LogP contribution in [0.2, 0.25) is 0 Å². The lowest BCUT2D eigenvalue weighted by Crippen LogP contribution is -2.59. The number of rotatable bonds is 5. The number of methoxy groups -OCH3 is 1. The van der Waals surface area contributed by atoms with E-state index in [1.165, 1.54) is 7.11 Å². The van der Waals surface area contributed by atoms with Gasteiger partial charge in [-0.15, -0.1) is 0 Å². The number of hydrogen-bond acceptors (Lipinski definition) is 4. The van der Waals surface area contributed by atoms with Crippen molar-refractivity contribution in [2.75, 3.05) is 20.2 Å². The summed E-state index contributed by atoms with van der Waals surface area (Å²) in [5.41, 5.74) is 7.43. The van der Waals surface area contributed by atoms with Gasteiger partial charge >= 0.3 is 5.97 Å². The molecule has 1 saturated carbocycles. The van der Waals surface area contributed by atoms with Gasteiger partial charge in [0.05, 0.1) is 7.11 Å². The summed E-state index contributed by atoms with van der Waals surface area (Å²) in [6.45, 7) is 4.96. The Hall–Kier alpha value is -1.26. The number of hydrogen-bond donors (Lipinski definition) is 1. The van der Waals surface area contributed by atoms with Crippen LogP contribution in [-0.4, -0.2) is 31.7 Å². The van der Waals surface area contributed by atoms with Gasteiger partial charge in [-0.3, -0.25) is 4.79 Å². The van der Waals surface area contributed by atoms with Gasteiger partial charge in [0.2, 0.25) is 0 Å². The maximum absolute atomic E-state index is 12.0. The zero-order valence-corrected chi connectivity index (χ0v) is 10.7. The molecule has 1 N–H and O–H groups in total. The van der Waals surface area contributed by atoms with Gasteiger partial charge in [-0.1, -0.05) is 25.4 Å². The third kappa shape index (κ3) is 2.53. The molecule has 1 aliphatic rings. The van der Waals surface area contributed by atoms with Gasteiger partial charge < -0.3 is 10.1 Å². The minimum atomic E-state index is -0.646. The highest BCUT2D eigenvalue weighted by Gasteiger charge is 2.54. The number of azide groups is 1. The van der Waals surface area contributed by atoms with Gasteiger partial charge in [0.25, 0.3) is 0 Å². The topological polar surface area (TPSA) is 87.1 Å². The van der Waals surface area contributed by atoms with E-state index < -0.39 is 5.54 Å². The van der Waals surface area contributed by atoms with Gasteiger partial charge in [-0.05, 0) is 23.8 Å². The molecule has 0 saturated heterocycles. The molecule has 1 rings (SSSR count). The Balaban J connectivity index is 2.80. The average molecular weight is 240 g/mol. The summed E-state index contributed by atoms with van der Waals surface area (Å²) >= 11 is 0. The first-order valence-electron chi connectivity index (χ1n) is 5.84. The molecule has 0 aromatic heterocycles. The molecule has 0 aromatic carbocycles. The van der Waals surface area contributed by atoms with E-state index >= 15 is 0 Å². The number of nitrogens with zero attached hydrogens (tertiary/aromatic N) is 3. The van der Waals surface area contributed by atoms with E-state index in [4.69, 9.17) is 10.3 Å². The summed E-state index contributed by atoms with van der Waals surface area (Å²) in [6.07, 6.45) is 2.75. The number of nitrogens with one attached hydrogen (secondary N) is 1. The second-order valence-corrected chi connectivity index (χ2v) is 5.02. The van der Waals surface area contributed by atoms with Crippen molar-refractivity contribution in [3.63, 3.8) is 0 Å². The highest BCUT2D eigenvalue weighted by Crippen LogP contribution is 2.46. The molecule has 1 unspecified atom stereocenters. The lowest BCUT2D eigenvalue weighted by Gasteiger charge is -2.39. The van der Waals surface area contributed by atoms with Crippen LogP contribution in [0.15, 0.2) is 5.11 Å². The van der Waals surface area contributed by atoms with Crippen LogP contribution in [0.5, 0.6) is 0 Å². The molecule has 1 fully saturated rings. The maximum atomic E-state index is 12.0. The van der Waals surface area contributed by atoms with Gasteiger partial charge in [0.15, 0.2) is 0 Å². The van der Waals surface area contributed by atoms with E-state index in [1.807, 2.05) is 0 Å². The van der Waals surface area contributed by atoms with Crippen LogP contribution in [0.1, 0.15) is 33.1 Å². The molecule has 0 bridgehead atoms. The third-order valence-electron chi connectivity index (χ3n) is 3.74. The van der Waals surface area contributed by atoms with Crippen molar-refractivity contribution in [3.8, 4) is 0 Å². The van der Waals surface area contributed by atoms with Crippen LogP contribution in [0.4, 0.5) is 0 Å². The van der Waals surface area contributed by atoms with E-state index in [0.717, 1.165) is 19.3 Å². The highest BCUT2D eigenvalue weighted by molar-refractivity contribution is 5.82. The minimum absolute atomic E-state index is 0.142. The monoisotopic (exact) mass is 240 g/mol. The predicted molar refractivity (Wildman–Crippen MR) is 64.4 cm³/mol. The van der Waals surface area contributed by atoms with Crippen molar-refractivity contribution >= 4 is 5.97 Å². The van der Waals surface area contributed by atoms with Crippen LogP contribution < -0.4 is 5.32 Å². The summed E-state index contributed by atoms with van der Waals surface area (Å²) < 4.78 is 4.93. The smallest absolute Gasteiger partial charge is 0.326 e. The number of ether oxygens (including phenoxy) is 1. The van der Waals surface area contributed by atoms with Crippen molar-refractivity contribution in [3.05, 3.63) is 10.4 Å². The highest BCUT2D eigenvalue weighted by atomic mass is 16.5. The second kappa shape index (κ2) is 5.38. The zero-order valence-electron chi connectivity index (χ0n) is 10.7. The number of esters is 1. The molecule has 6 nitrogen and oxygen atoms in total. The molecule has 0 aromatic rings. The quantitative estimate of drug-likeness (QED) is 0.262. The first kappa shape index (κ1) is 13.8. The lowest BCUT2D eigenvalue weighted by atomic mass is 9.75. The molecule has 0 aliphatic heterocycles. The SMILES string of the molecule is COC(=O)C1(NCCN=[N+]=[N-])CCCC1(C)C. The molecule has 6 heteroatoms. The molecule has 1 aliphatic carbocycles. The Morgan fingerprint density at radius 2 is 2.24 bits per heavy atom. The van der Waals surface area contributed by atoms with Crippen molar-refractivity contribution in [1.82, 2.24) is 5.32 Å². The minimum Gasteiger partial charge on any atom is -0.468 e. The summed E-state index contributed by atoms with van der Waals surface area (Å²) in [5.74, 6) is -0.221. The van der Waals surface area contributed by atoms with E-state index in [9.17, 15) is 4.79 Å². The lowest BCUT2D eigenvalue weighted by molar-refractivity contribution is -0.152. The van der Waals surface area contributed by atoms with Crippen molar-refractivity contribution < 1.29 is 9.53 Å². The van der Waals surface area contributed by atoms with E-state index in [-0.39, 0.29) is 11.4 Å². The Morgan fingerprint density at radius 1 is 1.53 bits per heavy atom. The standard InChI is InChI=1S/C11H20N4O2/c1-10(2)5-4-6-11(10,9(16)17-3)13-7-8-14-15-12/h13H,4-8H2,1-3H3. The fraction of sp³-hybridized carbons (Fsp3) is 0.909. The first-order valence-corrected chi connectivity index (χ1v) is 5.84. The Labute approximate surface area is 101 Å². The van der Waals surface area contributed by atoms with Gasteiger partial charge in [-0.2, -0.15) is 0 Å². The average Bonchev–Trinajstić information content (AvgIpc) is 2.60. The Kier molecular flexibility index (Phi) is 4.37. The fourth-order valence-corrected chi connectivity index (χ4v) is 2.66. The molecule has 0 amide bonds. The third-order valence-corrected chi connectivity index (χ3v) is 3.74. The van der Waals surface area contributed by atoms with Crippen LogP contribution in [0, 0.1) is 5.41 Å². The first-order chi connectivity index (χ1) is 8.00. The van der Waals surface area contributed by atoms with Gasteiger partial charge in [0, 0.05) is 18.0 Å². The van der Waals surface area contributed by atoms with Crippen molar-refractivity contribution in [2.24, 2.45) is 10.5 Å². The van der Waals surface area contributed by atoms with Crippen LogP contribution in [0.3, 0.4) is 0 Å². The van der Waals surface area contributed by atoms with Crippen LogP contribution in [0.25, 0.3) is 10.4 Å². The van der Waals surface area contributed by atoms with Gasteiger partial charge in [-0.25, -0.2) is 0 Å². The molecular formula is C11H20N4O2. The van der Waals surface area contributed by atoms with E-state index in [0.29, 0.717) is 13.1 Å². The number of carbonyl (C=O) groups excluding carboxylic acids is 1. The molecule has 1 atom stereocenters. The summed E-state index contributed by atoms with van der Waals surface area (Å²) in [5, 5.41) is 6.69. The summed E-state index contributed by atoms with van der Waals surface area (Å²) in [6, 6.07) is 0. The molecule has 0 heterocycles. The largest absolute Gasteiger partial charge is 0.468 e. The molecule has 96 valence electrons. The zero-order chi connectivity index (χ0) is 12.9. The normalized spacial score (nSPS) is 26.3. The molecule has 0 spiro atoms. The molecular weight excluding hydrogens is 220 g/mol. The predicted octanol–water partition coefficient (Wildman–Crippen LogP) is 2.01. The molecule has 0 radical (unpaired) electrons. The van der Waals surface area contributed by atoms with E-state index in [1.54, 1.807) is 0 Å². The maximum Gasteiger partial charge on any atom is 0.326 e. The van der Waals surface area contributed by atoms with E-state index in [2.05, 4.69) is 29.2 Å². The fourth-order valence-electron chi connectivity index (χ4n) is 2.66. The van der Waals surface area contributed by atoms with Crippen LogP contribution >= 0.6 is 0 Å². The van der Waals surface area contributed by atoms with Gasteiger partial charge in [0.1, 0.15) is 5.54 Å². The Morgan fingerprint density at radius 3 is 2.71 bits per heavy atom. The van der Waals surface area contributed by atoms with Crippen molar-refractivity contribution in [1.29, 1.82) is 0 Å². The van der Waals surface area contributed by atoms with Crippen LogP contribution in [-0.2, 0) is 9.53 Å². The molecule has 17 heavy (non-hydrogen) atoms. The Bertz CT molecular complexity index is 336. The van der Waals surface area contributed by atoms with Crippen molar-refractivity contribution in [2.45, 2.75) is 38.6 Å². The number of carbonyl (C=O) groups is 1. The summed E-state index contributed by atoms with van der Waals surface area (Å²) in [4.78, 5) is 14.7.